The number of methoxy groups -OCH3 is 1. The lowest BCUT2D eigenvalue weighted by Gasteiger charge is -2.10. The summed E-state index contributed by atoms with van der Waals surface area (Å²) in [4.78, 5) is 7.65. The van der Waals surface area contributed by atoms with Gasteiger partial charge in [0.15, 0.2) is 5.82 Å². The Balaban J connectivity index is 1.76. The van der Waals surface area contributed by atoms with E-state index in [-0.39, 0.29) is 28.0 Å². The summed E-state index contributed by atoms with van der Waals surface area (Å²) in [6.07, 6.45) is -1.19. The molecule has 0 spiro atoms. The third-order valence-electron chi connectivity index (χ3n) is 5.04. The van der Waals surface area contributed by atoms with E-state index in [1.807, 2.05) is 6.92 Å². The number of rotatable bonds is 6. The smallest absolute Gasteiger partial charge is 0.161 e. The molecular weight excluding hydrogens is 422 g/mol. The van der Waals surface area contributed by atoms with Crippen molar-refractivity contribution < 1.29 is 22.8 Å². The Hall–Kier alpha value is -3.10. The third-order valence-corrected chi connectivity index (χ3v) is 6.37. The number of ether oxygens (including phenoxy) is 1. The fourth-order valence-corrected chi connectivity index (χ4v) is 4.23. The first-order chi connectivity index (χ1) is 14.9. The SMILES string of the molecule is CCS(=O)c1ccc(C(O)c2nc3c(F)c(-c4ccccc4OC)c(F)cc3[nH]2)cc1. The van der Waals surface area contributed by atoms with Crippen LogP contribution in [0.4, 0.5) is 8.78 Å². The summed E-state index contributed by atoms with van der Waals surface area (Å²) in [5.41, 5.74) is 0.559. The van der Waals surface area contributed by atoms with E-state index in [9.17, 15) is 13.7 Å². The fraction of sp³-hybridized carbons (Fsp3) is 0.174. The van der Waals surface area contributed by atoms with Crippen LogP contribution in [0, 0.1) is 11.6 Å². The molecule has 0 amide bonds. The highest BCUT2D eigenvalue weighted by atomic mass is 32.2. The van der Waals surface area contributed by atoms with Gasteiger partial charge in [0.2, 0.25) is 0 Å². The van der Waals surface area contributed by atoms with E-state index >= 15 is 4.39 Å². The predicted molar refractivity (Wildman–Crippen MR) is 115 cm³/mol. The number of para-hydroxylation sites is 1. The molecule has 8 heteroatoms. The van der Waals surface area contributed by atoms with E-state index in [1.165, 1.54) is 7.11 Å². The number of imidazole rings is 1. The number of hydrogen-bond acceptors (Lipinski definition) is 4. The molecule has 0 bridgehead atoms. The largest absolute Gasteiger partial charge is 0.496 e. The molecule has 0 aliphatic rings. The molecule has 160 valence electrons. The Morgan fingerprint density at radius 1 is 1.16 bits per heavy atom. The number of aliphatic hydroxyl groups excluding tert-OH is 1. The van der Waals surface area contributed by atoms with Crippen molar-refractivity contribution in [1.82, 2.24) is 9.97 Å². The zero-order chi connectivity index (χ0) is 22.1. The molecule has 2 atom stereocenters. The van der Waals surface area contributed by atoms with Crippen LogP contribution in [0.3, 0.4) is 0 Å². The van der Waals surface area contributed by atoms with E-state index in [2.05, 4.69) is 9.97 Å². The predicted octanol–water partition coefficient (Wildman–Crippen LogP) is 4.73. The average molecular weight is 442 g/mol. The van der Waals surface area contributed by atoms with Gasteiger partial charge in [-0.05, 0) is 23.8 Å². The molecule has 0 saturated carbocycles. The summed E-state index contributed by atoms with van der Waals surface area (Å²) in [6, 6.07) is 14.3. The van der Waals surface area contributed by atoms with Crippen LogP contribution in [0.5, 0.6) is 5.75 Å². The van der Waals surface area contributed by atoms with Crippen LogP contribution in [0.1, 0.15) is 24.4 Å². The van der Waals surface area contributed by atoms with Gasteiger partial charge < -0.3 is 14.8 Å². The molecule has 0 fully saturated rings. The van der Waals surface area contributed by atoms with Crippen molar-refractivity contribution in [1.29, 1.82) is 0 Å². The first-order valence-electron chi connectivity index (χ1n) is 9.62. The Labute approximate surface area is 180 Å². The van der Waals surface area contributed by atoms with E-state index in [0.29, 0.717) is 22.0 Å². The van der Waals surface area contributed by atoms with Gasteiger partial charge in [0.25, 0.3) is 0 Å². The van der Waals surface area contributed by atoms with Gasteiger partial charge in [-0.3, -0.25) is 4.21 Å². The molecule has 3 aromatic carbocycles. The quantitative estimate of drug-likeness (QED) is 0.453. The van der Waals surface area contributed by atoms with Crippen molar-refractivity contribution in [2.75, 3.05) is 12.9 Å². The minimum absolute atomic E-state index is 0.0786. The fourth-order valence-electron chi connectivity index (χ4n) is 3.45. The summed E-state index contributed by atoms with van der Waals surface area (Å²) in [5, 5.41) is 10.7. The highest BCUT2D eigenvalue weighted by molar-refractivity contribution is 7.85. The lowest BCUT2D eigenvalue weighted by atomic mass is 10.0. The molecule has 5 nitrogen and oxygen atoms in total. The first kappa shape index (κ1) is 21.1. The van der Waals surface area contributed by atoms with Gasteiger partial charge in [0.05, 0.1) is 29.0 Å². The van der Waals surface area contributed by atoms with Gasteiger partial charge in [0, 0.05) is 22.3 Å². The maximum Gasteiger partial charge on any atom is 0.161 e. The van der Waals surface area contributed by atoms with Gasteiger partial charge in [-0.2, -0.15) is 0 Å². The molecule has 31 heavy (non-hydrogen) atoms. The number of aromatic amines is 1. The molecule has 1 aromatic heterocycles. The number of nitrogens with zero attached hydrogens (tertiary/aromatic N) is 1. The van der Waals surface area contributed by atoms with Crippen molar-refractivity contribution in [2.24, 2.45) is 0 Å². The van der Waals surface area contributed by atoms with Crippen LogP contribution in [0.15, 0.2) is 59.5 Å². The number of aliphatic hydroxyl groups is 1. The van der Waals surface area contributed by atoms with E-state index in [4.69, 9.17) is 4.74 Å². The Morgan fingerprint density at radius 3 is 2.55 bits per heavy atom. The number of aromatic nitrogens is 2. The van der Waals surface area contributed by atoms with E-state index in [1.54, 1.807) is 48.5 Å². The van der Waals surface area contributed by atoms with Crippen molar-refractivity contribution >= 4 is 21.8 Å². The van der Waals surface area contributed by atoms with Gasteiger partial charge >= 0.3 is 0 Å². The van der Waals surface area contributed by atoms with Gasteiger partial charge in [-0.25, -0.2) is 13.8 Å². The second-order valence-electron chi connectivity index (χ2n) is 6.87. The number of nitrogens with one attached hydrogen (secondary N) is 1. The minimum atomic E-state index is -1.19. The van der Waals surface area contributed by atoms with Crippen molar-refractivity contribution in [3.05, 3.63) is 77.6 Å². The normalized spacial score (nSPS) is 13.3. The number of hydrogen-bond donors (Lipinski definition) is 2. The molecule has 0 aliphatic carbocycles. The summed E-state index contributed by atoms with van der Waals surface area (Å²) in [5.74, 6) is -0.714. The first-order valence-corrected chi connectivity index (χ1v) is 10.9. The summed E-state index contributed by atoms with van der Waals surface area (Å²) in [7, 11) is 0.323. The van der Waals surface area contributed by atoms with Gasteiger partial charge in [-0.1, -0.05) is 37.3 Å². The maximum atomic E-state index is 15.3. The number of halogens is 2. The summed E-state index contributed by atoms with van der Waals surface area (Å²) in [6.45, 7) is 1.82. The molecular formula is C23H20F2N2O3S. The lowest BCUT2D eigenvalue weighted by Crippen LogP contribution is -2.02. The summed E-state index contributed by atoms with van der Waals surface area (Å²) >= 11 is 0. The van der Waals surface area contributed by atoms with E-state index in [0.717, 1.165) is 6.07 Å². The maximum absolute atomic E-state index is 15.3. The van der Waals surface area contributed by atoms with Gasteiger partial charge in [-0.15, -0.1) is 0 Å². The zero-order valence-electron chi connectivity index (χ0n) is 16.9. The molecule has 0 radical (unpaired) electrons. The molecule has 2 N–H and O–H groups in total. The monoisotopic (exact) mass is 442 g/mol. The topological polar surface area (TPSA) is 75.2 Å². The van der Waals surface area contributed by atoms with Crippen molar-refractivity contribution in [3.63, 3.8) is 0 Å². The minimum Gasteiger partial charge on any atom is -0.496 e. The highest BCUT2D eigenvalue weighted by Gasteiger charge is 2.23. The van der Waals surface area contributed by atoms with Gasteiger partial charge in [0.1, 0.15) is 29.0 Å². The molecule has 0 saturated heterocycles. The molecule has 0 aliphatic heterocycles. The van der Waals surface area contributed by atoms with Crippen LogP contribution in [0.25, 0.3) is 22.2 Å². The number of benzene rings is 3. The molecule has 2 unspecified atom stereocenters. The molecule has 4 rings (SSSR count). The number of fused-ring (bicyclic) bond motifs is 1. The molecule has 1 heterocycles. The zero-order valence-corrected chi connectivity index (χ0v) is 17.7. The van der Waals surface area contributed by atoms with Crippen molar-refractivity contribution in [3.8, 4) is 16.9 Å². The van der Waals surface area contributed by atoms with Crippen molar-refractivity contribution in [2.45, 2.75) is 17.9 Å². The highest BCUT2D eigenvalue weighted by Crippen LogP contribution is 2.37. The second-order valence-corrected chi connectivity index (χ2v) is 8.61. The van der Waals surface area contributed by atoms with E-state index < -0.39 is 28.5 Å². The van der Waals surface area contributed by atoms with Crippen LogP contribution >= 0.6 is 0 Å². The summed E-state index contributed by atoms with van der Waals surface area (Å²) < 4.78 is 47.3. The van der Waals surface area contributed by atoms with Crippen LogP contribution in [0.2, 0.25) is 0 Å². The van der Waals surface area contributed by atoms with Crippen LogP contribution in [-0.2, 0) is 10.8 Å². The Morgan fingerprint density at radius 2 is 1.87 bits per heavy atom. The Bertz CT molecular complexity index is 1270. The Kier molecular flexibility index (Phi) is 5.84. The average Bonchev–Trinajstić information content (AvgIpc) is 3.22. The standard InChI is InChI=1S/C23H20F2N2O3S/c1-3-31(29)14-10-8-13(9-11-14)22(28)23-26-17-12-16(24)19(20(25)21(17)27-23)15-6-4-5-7-18(15)30-2/h4-12,22,28H,3H2,1-2H3,(H,26,27). The number of H-pyrrole nitrogens is 1. The van der Waals surface area contributed by atoms with Crippen LogP contribution < -0.4 is 4.74 Å². The van der Waals surface area contributed by atoms with Crippen LogP contribution in [-0.4, -0.2) is 32.1 Å². The second kappa shape index (κ2) is 8.56. The molecule has 4 aromatic rings. The lowest BCUT2D eigenvalue weighted by molar-refractivity contribution is 0.211. The third kappa shape index (κ3) is 3.84.